The number of nitrogens with one attached hydrogen (secondary N) is 1. The number of aromatic nitrogens is 7. The average Bonchev–Trinajstić information content (AvgIpc) is 3.30. The zero-order valence-corrected chi connectivity index (χ0v) is 13.9. The number of fused-ring (bicyclic) bond motifs is 3. The lowest BCUT2D eigenvalue weighted by atomic mass is 10.0. The van der Waals surface area contributed by atoms with Gasteiger partial charge in [0.25, 0.3) is 0 Å². The third-order valence-corrected chi connectivity index (χ3v) is 4.58. The predicted molar refractivity (Wildman–Crippen MR) is 93.4 cm³/mol. The van der Waals surface area contributed by atoms with Crippen LogP contribution in [0.15, 0.2) is 60.8 Å². The number of benzene rings is 2. The molecule has 0 fully saturated rings. The molecule has 0 bridgehead atoms. The highest BCUT2D eigenvalue weighted by atomic mass is 15.5. The summed E-state index contributed by atoms with van der Waals surface area (Å²) in [7, 11) is 0. The Bertz CT molecular complexity index is 1040. The molecular formula is C18H16N8. The summed E-state index contributed by atoms with van der Waals surface area (Å²) >= 11 is 0. The van der Waals surface area contributed by atoms with Gasteiger partial charge in [-0.25, -0.2) is 9.36 Å². The third kappa shape index (κ3) is 2.47. The summed E-state index contributed by atoms with van der Waals surface area (Å²) < 4.78 is 3.71. The van der Waals surface area contributed by atoms with Gasteiger partial charge in [0.15, 0.2) is 5.82 Å². The van der Waals surface area contributed by atoms with Crippen LogP contribution in [-0.4, -0.2) is 35.2 Å². The number of nitrogens with zero attached hydrogens (tertiary/aromatic N) is 7. The summed E-state index contributed by atoms with van der Waals surface area (Å²) in [5, 5.41) is 24.3. The van der Waals surface area contributed by atoms with Crippen LogP contribution in [0.3, 0.4) is 0 Å². The van der Waals surface area contributed by atoms with Crippen molar-refractivity contribution in [2.75, 3.05) is 0 Å². The quantitative estimate of drug-likeness (QED) is 0.606. The Morgan fingerprint density at radius 2 is 1.85 bits per heavy atom. The second-order valence-electron chi connectivity index (χ2n) is 6.19. The van der Waals surface area contributed by atoms with Gasteiger partial charge in [-0.3, -0.25) is 5.32 Å². The zero-order valence-electron chi connectivity index (χ0n) is 13.9. The predicted octanol–water partition coefficient (Wildman–Crippen LogP) is 1.49. The van der Waals surface area contributed by atoms with Crippen LogP contribution in [0.5, 0.6) is 0 Å². The lowest BCUT2D eigenvalue weighted by molar-refractivity contribution is 0.529. The number of hydrogen-bond donors (Lipinski definition) is 1. The van der Waals surface area contributed by atoms with Crippen molar-refractivity contribution in [1.82, 2.24) is 40.5 Å². The van der Waals surface area contributed by atoms with Gasteiger partial charge in [-0.15, -0.1) is 10.2 Å². The van der Waals surface area contributed by atoms with Gasteiger partial charge >= 0.3 is 0 Å². The molecule has 0 aliphatic carbocycles. The van der Waals surface area contributed by atoms with Crippen molar-refractivity contribution in [2.24, 2.45) is 0 Å². The summed E-state index contributed by atoms with van der Waals surface area (Å²) in [5.41, 5.74) is 4.22. The first kappa shape index (κ1) is 14.9. The molecule has 3 heterocycles. The maximum atomic E-state index is 4.32. The Morgan fingerprint density at radius 1 is 1.00 bits per heavy atom. The number of rotatable bonds is 3. The van der Waals surface area contributed by atoms with Gasteiger partial charge in [0.2, 0.25) is 0 Å². The second kappa shape index (κ2) is 6.16. The topological polar surface area (TPSA) is 86.3 Å². The van der Waals surface area contributed by atoms with Crippen LogP contribution in [0.1, 0.15) is 28.7 Å². The molecule has 1 N–H and O–H groups in total. The van der Waals surface area contributed by atoms with Crippen LogP contribution in [-0.2, 0) is 13.1 Å². The molecule has 4 aromatic rings. The second-order valence-corrected chi connectivity index (χ2v) is 6.19. The molecule has 2 aromatic carbocycles. The molecule has 0 saturated carbocycles. The van der Waals surface area contributed by atoms with Gasteiger partial charge in [-0.05, 0) is 22.1 Å². The van der Waals surface area contributed by atoms with Crippen molar-refractivity contribution in [3.63, 3.8) is 0 Å². The van der Waals surface area contributed by atoms with Gasteiger partial charge in [0, 0.05) is 12.1 Å². The fourth-order valence-electron chi connectivity index (χ4n) is 3.34. The van der Waals surface area contributed by atoms with Crippen LogP contribution >= 0.6 is 0 Å². The molecule has 1 unspecified atom stereocenters. The van der Waals surface area contributed by atoms with Crippen molar-refractivity contribution >= 4 is 0 Å². The van der Waals surface area contributed by atoms with Gasteiger partial charge < -0.3 is 0 Å². The first-order valence-corrected chi connectivity index (χ1v) is 8.42. The molecule has 0 saturated heterocycles. The molecule has 26 heavy (non-hydrogen) atoms. The fraction of sp³-hybridized carbons (Fsp3) is 0.167. The van der Waals surface area contributed by atoms with E-state index >= 15 is 0 Å². The molecule has 2 aromatic heterocycles. The van der Waals surface area contributed by atoms with Crippen molar-refractivity contribution in [3.05, 3.63) is 83.4 Å². The van der Waals surface area contributed by atoms with E-state index in [2.05, 4.69) is 49.4 Å². The molecule has 0 radical (unpaired) electrons. The largest absolute Gasteiger partial charge is 0.298 e. The van der Waals surface area contributed by atoms with E-state index in [9.17, 15) is 0 Å². The van der Waals surface area contributed by atoms with Crippen molar-refractivity contribution in [2.45, 2.75) is 19.1 Å². The Labute approximate surface area is 149 Å². The van der Waals surface area contributed by atoms with Gasteiger partial charge in [-0.2, -0.15) is 0 Å². The minimum absolute atomic E-state index is 0.133. The Morgan fingerprint density at radius 3 is 2.77 bits per heavy atom. The molecule has 5 rings (SSSR count). The van der Waals surface area contributed by atoms with Crippen LogP contribution in [0, 0.1) is 0 Å². The molecule has 1 aliphatic rings. The van der Waals surface area contributed by atoms with E-state index in [1.807, 2.05) is 45.8 Å². The van der Waals surface area contributed by atoms with Gasteiger partial charge in [0.1, 0.15) is 0 Å². The smallest absolute Gasteiger partial charge is 0.173 e. The van der Waals surface area contributed by atoms with Crippen LogP contribution in [0.2, 0.25) is 0 Å². The molecular weight excluding hydrogens is 328 g/mol. The minimum atomic E-state index is -0.133. The summed E-state index contributed by atoms with van der Waals surface area (Å²) in [6, 6.07) is 18.2. The zero-order chi connectivity index (χ0) is 17.3. The Kier molecular flexibility index (Phi) is 3.53. The first-order valence-electron chi connectivity index (χ1n) is 8.42. The van der Waals surface area contributed by atoms with Crippen LogP contribution in [0.25, 0.3) is 5.69 Å². The standard InChI is InChI=1S/C18H16N8/c1-2-6-13(7-3-1)12-25-18(21-22-24-25)17-15-8-4-5-9-16(15)26-14(10-19-17)11-20-23-26/h1-9,11,17,19H,10,12H2. The van der Waals surface area contributed by atoms with Crippen molar-refractivity contribution in [1.29, 1.82) is 0 Å². The highest BCUT2D eigenvalue weighted by Gasteiger charge is 2.27. The van der Waals surface area contributed by atoms with Crippen LogP contribution in [0.4, 0.5) is 0 Å². The lowest BCUT2D eigenvalue weighted by Crippen LogP contribution is -2.25. The third-order valence-electron chi connectivity index (χ3n) is 4.58. The van der Waals surface area contributed by atoms with E-state index < -0.39 is 0 Å². The van der Waals surface area contributed by atoms with E-state index in [0.717, 1.165) is 28.3 Å². The monoisotopic (exact) mass is 344 g/mol. The highest BCUT2D eigenvalue weighted by molar-refractivity contribution is 5.46. The van der Waals surface area contributed by atoms with Gasteiger partial charge in [0.05, 0.1) is 30.2 Å². The number of hydrogen-bond acceptors (Lipinski definition) is 6. The lowest BCUT2D eigenvalue weighted by Gasteiger charge is -2.17. The Balaban J connectivity index is 1.58. The summed E-state index contributed by atoms with van der Waals surface area (Å²) in [6.45, 7) is 1.25. The molecule has 0 amide bonds. The van der Waals surface area contributed by atoms with E-state index in [4.69, 9.17) is 0 Å². The summed E-state index contributed by atoms with van der Waals surface area (Å²) in [4.78, 5) is 0. The Hall–Kier alpha value is -3.39. The van der Waals surface area contributed by atoms with Crippen LogP contribution < -0.4 is 5.32 Å². The molecule has 8 heteroatoms. The average molecular weight is 344 g/mol. The van der Waals surface area contributed by atoms with Gasteiger partial charge in [-0.1, -0.05) is 53.7 Å². The van der Waals surface area contributed by atoms with Crippen molar-refractivity contribution < 1.29 is 0 Å². The van der Waals surface area contributed by atoms with Crippen molar-refractivity contribution in [3.8, 4) is 5.69 Å². The maximum Gasteiger partial charge on any atom is 0.173 e. The van der Waals surface area contributed by atoms with E-state index in [1.165, 1.54) is 0 Å². The highest BCUT2D eigenvalue weighted by Crippen LogP contribution is 2.29. The maximum absolute atomic E-state index is 4.32. The fourth-order valence-corrected chi connectivity index (χ4v) is 3.34. The number of tetrazole rings is 1. The van der Waals surface area contributed by atoms with E-state index in [0.29, 0.717) is 13.1 Å². The molecule has 8 nitrogen and oxygen atoms in total. The normalized spacial score (nSPS) is 15.9. The molecule has 128 valence electrons. The van der Waals surface area contributed by atoms with E-state index in [1.54, 1.807) is 6.20 Å². The SMILES string of the molecule is c1ccc(Cn2nnnc2C2NCc3cnnn3-c3ccccc32)cc1. The molecule has 1 atom stereocenters. The first-order chi connectivity index (χ1) is 12.9. The molecule has 0 spiro atoms. The van der Waals surface area contributed by atoms with E-state index in [-0.39, 0.29) is 6.04 Å². The summed E-state index contributed by atoms with van der Waals surface area (Å²) in [5.74, 6) is 0.778. The number of para-hydroxylation sites is 1. The summed E-state index contributed by atoms with van der Waals surface area (Å²) in [6.07, 6.45) is 1.78. The molecule has 1 aliphatic heterocycles. The minimum Gasteiger partial charge on any atom is -0.298 e.